The van der Waals surface area contributed by atoms with Gasteiger partial charge in [0.05, 0.1) is 34.4 Å². The fourth-order valence-electron chi connectivity index (χ4n) is 5.61. The van der Waals surface area contributed by atoms with Crippen molar-refractivity contribution in [3.05, 3.63) is 48.6 Å². The summed E-state index contributed by atoms with van der Waals surface area (Å²) in [7, 11) is 5.51. The van der Waals surface area contributed by atoms with Gasteiger partial charge < -0.3 is 23.8 Å². The molecule has 0 bridgehead atoms. The normalized spacial score (nSPS) is 13.5. The van der Waals surface area contributed by atoms with E-state index in [0.717, 1.165) is 77.0 Å². The summed E-state index contributed by atoms with van der Waals surface area (Å²) >= 11 is 0. The molecule has 0 aliphatic rings. The van der Waals surface area contributed by atoms with Gasteiger partial charge in [-0.15, -0.1) is 0 Å². The van der Waals surface area contributed by atoms with E-state index in [9.17, 15) is 19.5 Å². The number of allylic oxidation sites excluding steroid dienone is 8. The summed E-state index contributed by atoms with van der Waals surface area (Å²) in [6.45, 7) is 4.56. The van der Waals surface area contributed by atoms with Gasteiger partial charge in [0.2, 0.25) is 0 Å². The van der Waals surface area contributed by atoms with Gasteiger partial charge in [0.25, 0.3) is 0 Å². The van der Waals surface area contributed by atoms with Crippen molar-refractivity contribution in [2.24, 2.45) is 0 Å². The van der Waals surface area contributed by atoms with Crippen molar-refractivity contribution >= 4 is 17.9 Å². The molecule has 0 aromatic carbocycles. The standard InChI is InChI=1S/C43H75NO7/c1-6-8-10-12-14-16-17-18-19-20-21-22-23-24-25-26-28-29-31-33-41(45)50-38-39(37-49-36-35-40(43(47)48)44(3,4)5)51-42(46)34-32-30-27-15-13-11-9-7-2/h8,10,14,16,18-19,21-22,39-40H,6-7,9,11-13,15,17,20,23-38H2,1-5H3/p+1/b10-8+,16-14+,19-18+,22-21+. The van der Waals surface area contributed by atoms with Crippen LogP contribution in [-0.4, -0.2) is 80.6 Å². The lowest BCUT2D eigenvalue weighted by Gasteiger charge is -2.31. The number of carboxylic acid groups (broad SMARTS) is 1. The zero-order valence-corrected chi connectivity index (χ0v) is 33.3. The van der Waals surface area contributed by atoms with E-state index in [2.05, 4.69) is 62.5 Å². The topological polar surface area (TPSA) is 99.1 Å². The number of hydrogen-bond acceptors (Lipinski definition) is 6. The molecule has 2 unspecified atom stereocenters. The Labute approximate surface area is 312 Å². The predicted octanol–water partition coefficient (Wildman–Crippen LogP) is 10.5. The summed E-state index contributed by atoms with van der Waals surface area (Å²) in [5.74, 6) is -1.49. The molecule has 0 spiro atoms. The first kappa shape index (κ1) is 48.3. The molecule has 0 aromatic heterocycles. The molecule has 0 amide bonds. The number of carboxylic acids is 1. The van der Waals surface area contributed by atoms with Crippen LogP contribution in [0.25, 0.3) is 0 Å². The Bertz CT molecular complexity index is 979. The van der Waals surface area contributed by atoms with Crippen molar-refractivity contribution in [1.29, 1.82) is 0 Å². The van der Waals surface area contributed by atoms with Crippen molar-refractivity contribution < 1.29 is 38.2 Å². The number of likely N-dealkylation sites (N-methyl/N-ethyl adjacent to an activating group) is 1. The van der Waals surface area contributed by atoms with Crippen molar-refractivity contribution in [3.63, 3.8) is 0 Å². The monoisotopic (exact) mass is 719 g/mol. The summed E-state index contributed by atoms with van der Waals surface area (Å²) in [4.78, 5) is 36.7. The lowest BCUT2D eigenvalue weighted by molar-refractivity contribution is -0.887. The minimum Gasteiger partial charge on any atom is -0.477 e. The minimum absolute atomic E-state index is 0.0564. The van der Waals surface area contributed by atoms with E-state index in [1.54, 1.807) is 0 Å². The second-order valence-electron chi connectivity index (χ2n) is 14.5. The van der Waals surface area contributed by atoms with E-state index in [0.29, 0.717) is 19.3 Å². The number of esters is 2. The van der Waals surface area contributed by atoms with Gasteiger partial charge >= 0.3 is 17.9 Å². The number of ether oxygens (including phenoxy) is 3. The van der Waals surface area contributed by atoms with E-state index in [1.807, 2.05) is 21.1 Å². The van der Waals surface area contributed by atoms with E-state index in [4.69, 9.17) is 14.2 Å². The second kappa shape index (κ2) is 34.4. The first-order valence-corrected chi connectivity index (χ1v) is 20.2. The van der Waals surface area contributed by atoms with Crippen LogP contribution in [0.3, 0.4) is 0 Å². The van der Waals surface area contributed by atoms with Gasteiger partial charge in [-0.25, -0.2) is 4.79 Å². The molecule has 294 valence electrons. The molecule has 2 atom stereocenters. The maximum atomic E-state index is 12.6. The minimum atomic E-state index is -0.879. The molecule has 1 N–H and O–H groups in total. The Hall–Kier alpha value is -2.71. The van der Waals surface area contributed by atoms with Gasteiger partial charge in [0.1, 0.15) is 6.61 Å². The zero-order chi connectivity index (χ0) is 37.8. The zero-order valence-electron chi connectivity index (χ0n) is 33.3. The fourth-order valence-corrected chi connectivity index (χ4v) is 5.61. The van der Waals surface area contributed by atoms with Crippen LogP contribution >= 0.6 is 0 Å². The predicted molar refractivity (Wildman–Crippen MR) is 211 cm³/mol. The van der Waals surface area contributed by atoms with Crippen molar-refractivity contribution in [2.45, 2.75) is 167 Å². The summed E-state index contributed by atoms with van der Waals surface area (Å²) < 4.78 is 17.2. The lowest BCUT2D eigenvalue weighted by atomic mass is 10.1. The van der Waals surface area contributed by atoms with Crippen LogP contribution in [0.15, 0.2) is 48.6 Å². The third-order valence-electron chi connectivity index (χ3n) is 8.74. The fraction of sp³-hybridized carbons (Fsp3) is 0.744. The summed E-state index contributed by atoms with van der Waals surface area (Å²) in [6, 6.07) is -0.615. The molecule has 0 saturated heterocycles. The lowest BCUT2D eigenvalue weighted by Crippen LogP contribution is -2.50. The molecule has 0 aromatic rings. The van der Waals surface area contributed by atoms with Crippen molar-refractivity contribution in [3.8, 4) is 0 Å². The Kier molecular flexibility index (Phi) is 32.6. The molecule has 0 rings (SSSR count). The smallest absolute Gasteiger partial charge is 0.362 e. The van der Waals surface area contributed by atoms with Crippen molar-refractivity contribution in [1.82, 2.24) is 0 Å². The van der Waals surface area contributed by atoms with Crippen LogP contribution in [0.2, 0.25) is 0 Å². The molecular weight excluding hydrogens is 642 g/mol. The van der Waals surface area contributed by atoms with Crippen molar-refractivity contribution in [2.75, 3.05) is 41.0 Å². The summed E-state index contributed by atoms with van der Waals surface area (Å²) in [6.07, 6.45) is 38.7. The SMILES string of the molecule is CC/C=C/C/C=C/C/C=C/C/C=C/CCCCCCCCC(=O)OCC(COCCC(C(=O)O)[N+](C)(C)C)OC(=O)CCCCCCCCCC. The van der Waals surface area contributed by atoms with Crippen LogP contribution < -0.4 is 0 Å². The molecule has 8 heteroatoms. The third kappa shape index (κ3) is 32.9. The number of rotatable bonds is 35. The molecule has 0 saturated carbocycles. The first-order chi connectivity index (χ1) is 24.6. The van der Waals surface area contributed by atoms with Gasteiger partial charge in [-0.3, -0.25) is 9.59 Å². The molecule has 0 aliphatic heterocycles. The van der Waals surface area contributed by atoms with Gasteiger partial charge in [0.15, 0.2) is 12.1 Å². The van der Waals surface area contributed by atoms with E-state index >= 15 is 0 Å². The maximum Gasteiger partial charge on any atom is 0.362 e. The molecule has 0 fully saturated rings. The average Bonchev–Trinajstić information content (AvgIpc) is 3.08. The Morgan fingerprint density at radius 1 is 0.608 bits per heavy atom. The quantitative estimate of drug-likeness (QED) is 0.0301. The van der Waals surface area contributed by atoms with Gasteiger partial charge in [-0.05, 0) is 51.4 Å². The Morgan fingerprint density at radius 2 is 1.10 bits per heavy atom. The summed E-state index contributed by atoms with van der Waals surface area (Å²) in [5.41, 5.74) is 0. The number of nitrogens with zero attached hydrogens (tertiary/aromatic N) is 1. The number of carbonyl (C=O) groups excluding carboxylic acids is 2. The van der Waals surface area contributed by atoms with E-state index in [1.165, 1.54) is 44.9 Å². The van der Waals surface area contributed by atoms with Crippen LogP contribution in [0.4, 0.5) is 0 Å². The van der Waals surface area contributed by atoms with Crippen LogP contribution in [0.1, 0.15) is 155 Å². The van der Waals surface area contributed by atoms with E-state index in [-0.39, 0.29) is 36.2 Å². The average molecular weight is 719 g/mol. The molecule has 0 heterocycles. The van der Waals surface area contributed by atoms with Crippen LogP contribution in [0, 0.1) is 0 Å². The Balaban J connectivity index is 4.31. The highest BCUT2D eigenvalue weighted by Crippen LogP contribution is 2.13. The first-order valence-electron chi connectivity index (χ1n) is 20.2. The highest BCUT2D eigenvalue weighted by molar-refractivity contribution is 5.72. The van der Waals surface area contributed by atoms with Crippen LogP contribution in [0.5, 0.6) is 0 Å². The van der Waals surface area contributed by atoms with Gasteiger partial charge in [-0.2, -0.15) is 0 Å². The second-order valence-corrected chi connectivity index (χ2v) is 14.5. The highest BCUT2D eigenvalue weighted by Gasteiger charge is 2.31. The van der Waals surface area contributed by atoms with E-state index < -0.39 is 18.1 Å². The molecule has 0 radical (unpaired) electrons. The molecule has 51 heavy (non-hydrogen) atoms. The summed E-state index contributed by atoms with van der Waals surface area (Å²) in [5, 5.41) is 9.58. The largest absolute Gasteiger partial charge is 0.477 e. The number of carbonyl (C=O) groups is 3. The Morgan fingerprint density at radius 3 is 1.63 bits per heavy atom. The maximum absolute atomic E-state index is 12.6. The van der Waals surface area contributed by atoms with Gasteiger partial charge in [-0.1, -0.05) is 133 Å². The molecule has 0 aliphatic carbocycles. The number of quaternary nitrogens is 1. The van der Waals surface area contributed by atoms with Gasteiger partial charge in [0, 0.05) is 19.3 Å². The number of hydrogen-bond donors (Lipinski definition) is 1. The molecular formula is C43H76NO7+. The number of aliphatic carboxylic acids is 1. The molecule has 8 nitrogen and oxygen atoms in total. The highest BCUT2D eigenvalue weighted by atomic mass is 16.6. The van der Waals surface area contributed by atoms with Crippen LogP contribution in [-0.2, 0) is 28.6 Å². The third-order valence-corrected chi connectivity index (χ3v) is 8.74. The number of unbranched alkanes of at least 4 members (excludes halogenated alkanes) is 13.